The number of piperidine rings is 1. The SMILES string of the molecule is Cc1ccc(Nc2nc(NC3CC(C)(C)NC(C)(C)C3)nc(N3CCOCC3)n2)cc1C. The summed E-state index contributed by atoms with van der Waals surface area (Å²) in [5.74, 6) is 1.86. The van der Waals surface area contributed by atoms with Crippen LogP contribution in [0.3, 0.4) is 0 Å². The van der Waals surface area contributed by atoms with Crippen molar-refractivity contribution in [3.8, 4) is 0 Å². The number of nitrogens with zero attached hydrogens (tertiary/aromatic N) is 4. The normalized spacial score (nSPS) is 20.8. The Morgan fingerprint density at radius 2 is 1.59 bits per heavy atom. The maximum absolute atomic E-state index is 5.52. The summed E-state index contributed by atoms with van der Waals surface area (Å²) < 4.78 is 5.52. The van der Waals surface area contributed by atoms with Crippen LogP contribution in [0.4, 0.5) is 23.5 Å². The maximum atomic E-state index is 5.52. The molecular formula is C24H37N7O. The Bertz CT molecular complexity index is 937. The zero-order valence-corrected chi connectivity index (χ0v) is 20.2. The van der Waals surface area contributed by atoms with Crippen molar-refractivity contribution < 1.29 is 4.74 Å². The van der Waals surface area contributed by atoms with Gasteiger partial charge in [0.25, 0.3) is 0 Å². The van der Waals surface area contributed by atoms with Crippen molar-refractivity contribution in [2.45, 2.75) is 71.5 Å². The molecule has 2 aromatic rings. The summed E-state index contributed by atoms with van der Waals surface area (Å²) >= 11 is 0. The number of aromatic nitrogens is 3. The second-order valence-electron chi connectivity index (χ2n) is 10.4. The van der Waals surface area contributed by atoms with Crippen LogP contribution in [0.15, 0.2) is 18.2 Å². The molecular weight excluding hydrogens is 402 g/mol. The number of anilines is 4. The molecule has 4 rings (SSSR count). The minimum absolute atomic E-state index is 0.0417. The van der Waals surface area contributed by atoms with Gasteiger partial charge in [-0.25, -0.2) is 0 Å². The Hall–Kier alpha value is -2.45. The van der Waals surface area contributed by atoms with Gasteiger partial charge in [0.2, 0.25) is 17.8 Å². The monoisotopic (exact) mass is 439 g/mol. The van der Waals surface area contributed by atoms with E-state index in [1.807, 2.05) is 0 Å². The summed E-state index contributed by atoms with van der Waals surface area (Å²) in [6.45, 7) is 16.2. The Balaban J connectivity index is 1.61. The fourth-order valence-electron chi connectivity index (χ4n) is 4.95. The first-order chi connectivity index (χ1) is 15.1. The lowest BCUT2D eigenvalue weighted by Gasteiger charge is -2.46. The number of hydrogen-bond acceptors (Lipinski definition) is 8. The maximum Gasteiger partial charge on any atom is 0.233 e. The average Bonchev–Trinajstić information content (AvgIpc) is 2.69. The third kappa shape index (κ3) is 5.66. The Morgan fingerprint density at radius 3 is 2.25 bits per heavy atom. The van der Waals surface area contributed by atoms with Gasteiger partial charge in [-0.15, -0.1) is 0 Å². The highest BCUT2D eigenvalue weighted by Crippen LogP contribution is 2.30. The number of nitrogens with one attached hydrogen (secondary N) is 3. The first-order valence-corrected chi connectivity index (χ1v) is 11.6. The molecule has 0 aliphatic carbocycles. The number of aryl methyl sites for hydroxylation is 2. The topological polar surface area (TPSA) is 87.2 Å². The van der Waals surface area contributed by atoms with Crippen LogP contribution in [0.5, 0.6) is 0 Å². The molecule has 2 aliphatic heterocycles. The standard InChI is InChI=1S/C24H37N7O/c1-16-7-8-18(13-17(16)2)25-20-27-21(29-22(28-20)31-9-11-32-12-10-31)26-19-14-23(3,4)30-24(5,6)15-19/h7-8,13,19,30H,9-12,14-15H2,1-6H3,(H2,25,26,27,28,29). The predicted molar refractivity (Wildman–Crippen MR) is 130 cm³/mol. The molecule has 0 bridgehead atoms. The van der Waals surface area contributed by atoms with Crippen molar-refractivity contribution in [1.29, 1.82) is 0 Å². The van der Waals surface area contributed by atoms with E-state index in [2.05, 4.69) is 80.6 Å². The van der Waals surface area contributed by atoms with Gasteiger partial charge in [-0.1, -0.05) is 6.07 Å². The summed E-state index contributed by atoms with van der Waals surface area (Å²) in [5.41, 5.74) is 3.55. The highest BCUT2D eigenvalue weighted by atomic mass is 16.5. The van der Waals surface area contributed by atoms with Gasteiger partial charge in [-0.2, -0.15) is 15.0 Å². The van der Waals surface area contributed by atoms with Crippen molar-refractivity contribution in [3.05, 3.63) is 29.3 Å². The van der Waals surface area contributed by atoms with Gasteiger partial charge in [0.05, 0.1) is 13.2 Å². The minimum Gasteiger partial charge on any atom is -0.378 e. The first-order valence-electron chi connectivity index (χ1n) is 11.6. The predicted octanol–water partition coefficient (Wildman–Crippen LogP) is 3.79. The van der Waals surface area contributed by atoms with E-state index in [9.17, 15) is 0 Å². The van der Waals surface area contributed by atoms with Gasteiger partial charge >= 0.3 is 0 Å². The lowest BCUT2D eigenvalue weighted by Crippen LogP contribution is -2.60. The number of morpholine rings is 1. The van der Waals surface area contributed by atoms with Crippen LogP contribution in [0.1, 0.15) is 51.7 Å². The van der Waals surface area contributed by atoms with Crippen LogP contribution in [0.2, 0.25) is 0 Å². The highest BCUT2D eigenvalue weighted by molar-refractivity contribution is 5.58. The summed E-state index contributed by atoms with van der Waals surface area (Å²) in [4.78, 5) is 16.4. The molecule has 0 radical (unpaired) electrons. The molecule has 1 aromatic carbocycles. The van der Waals surface area contributed by atoms with Crippen LogP contribution in [-0.4, -0.2) is 58.4 Å². The van der Waals surface area contributed by atoms with Gasteiger partial charge in [-0.05, 0) is 77.6 Å². The largest absolute Gasteiger partial charge is 0.378 e. The molecule has 32 heavy (non-hydrogen) atoms. The van der Waals surface area contributed by atoms with E-state index in [0.29, 0.717) is 31.1 Å². The van der Waals surface area contributed by atoms with Crippen LogP contribution < -0.4 is 20.9 Å². The Kier molecular flexibility index (Phi) is 6.27. The lowest BCUT2D eigenvalue weighted by atomic mass is 9.80. The molecule has 8 nitrogen and oxygen atoms in total. The zero-order valence-electron chi connectivity index (χ0n) is 20.2. The van der Waals surface area contributed by atoms with E-state index in [1.54, 1.807) is 0 Å². The second kappa shape index (κ2) is 8.83. The molecule has 0 saturated carbocycles. The van der Waals surface area contributed by atoms with Crippen LogP contribution in [-0.2, 0) is 4.74 Å². The molecule has 2 fully saturated rings. The van der Waals surface area contributed by atoms with E-state index < -0.39 is 0 Å². The molecule has 0 amide bonds. The zero-order chi connectivity index (χ0) is 22.9. The second-order valence-corrected chi connectivity index (χ2v) is 10.4. The molecule has 0 spiro atoms. The molecule has 1 aromatic heterocycles. The fraction of sp³-hybridized carbons (Fsp3) is 0.625. The van der Waals surface area contributed by atoms with Gasteiger partial charge in [-0.3, -0.25) is 0 Å². The lowest BCUT2D eigenvalue weighted by molar-refractivity contribution is 0.122. The van der Waals surface area contributed by atoms with E-state index in [1.165, 1.54) is 11.1 Å². The number of hydrogen-bond donors (Lipinski definition) is 3. The van der Waals surface area contributed by atoms with Crippen LogP contribution in [0, 0.1) is 13.8 Å². The number of benzene rings is 1. The van der Waals surface area contributed by atoms with E-state index in [-0.39, 0.29) is 17.1 Å². The number of ether oxygens (including phenoxy) is 1. The smallest absolute Gasteiger partial charge is 0.233 e. The van der Waals surface area contributed by atoms with Crippen molar-refractivity contribution >= 4 is 23.5 Å². The van der Waals surface area contributed by atoms with Crippen LogP contribution >= 0.6 is 0 Å². The Morgan fingerprint density at radius 1 is 0.938 bits per heavy atom. The molecule has 3 N–H and O–H groups in total. The van der Waals surface area contributed by atoms with Crippen LogP contribution in [0.25, 0.3) is 0 Å². The van der Waals surface area contributed by atoms with E-state index in [4.69, 9.17) is 19.7 Å². The molecule has 174 valence electrons. The van der Waals surface area contributed by atoms with E-state index >= 15 is 0 Å². The minimum atomic E-state index is 0.0417. The molecule has 2 saturated heterocycles. The summed E-state index contributed by atoms with van der Waals surface area (Å²) in [6.07, 6.45) is 1.99. The van der Waals surface area contributed by atoms with Gasteiger partial charge in [0.1, 0.15) is 0 Å². The van der Waals surface area contributed by atoms with Crippen molar-refractivity contribution in [2.75, 3.05) is 41.8 Å². The number of rotatable bonds is 5. The molecule has 8 heteroatoms. The Labute approximate surface area is 191 Å². The van der Waals surface area contributed by atoms with Crippen molar-refractivity contribution in [3.63, 3.8) is 0 Å². The third-order valence-electron chi connectivity index (χ3n) is 6.20. The molecule has 0 atom stereocenters. The molecule has 3 heterocycles. The quantitative estimate of drug-likeness (QED) is 0.649. The average molecular weight is 440 g/mol. The summed E-state index contributed by atoms with van der Waals surface area (Å²) in [7, 11) is 0. The fourth-order valence-corrected chi connectivity index (χ4v) is 4.95. The van der Waals surface area contributed by atoms with Gasteiger partial charge in [0.15, 0.2) is 0 Å². The van der Waals surface area contributed by atoms with Crippen molar-refractivity contribution in [2.24, 2.45) is 0 Å². The highest BCUT2D eigenvalue weighted by Gasteiger charge is 2.38. The van der Waals surface area contributed by atoms with E-state index in [0.717, 1.165) is 31.6 Å². The molecule has 0 unspecified atom stereocenters. The molecule has 2 aliphatic rings. The summed E-state index contributed by atoms with van der Waals surface area (Å²) in [6, 6.07) is 6.57. The van der Waals surface area contributed by atoms with Gasteiger partial charge in [0, 0.05) is 35.9 Å². The first kappa shape index (κ1) is 22.7. The summed E-state index contributed by atoms with van der Waals surface area (Å²) in [5, 5.41) is 10.7. The van der Waals surface area contributed by atoms with Crippen molar-refractivity contribution in [1.82, 2.24) is 20.3 Å². The third-order valence-corrected chi connectivity index (χ3v) is 6.20. The van der Waals surface area contributed by atoms with Gasteiger partial charge < -0.3 is 25.6 Å².